The number of aromatic carboxylic acids is 1. The van der Waals surface area contributed by atoms with Gasteiger partial charge in [-0.25, -0.2) is 4.79 Å². The van der Waals surface area contributed by atoms with Gasteiger partial charge in [0.2, 0.25) is 0 Å². The number of carbonyl (C=O) groups is 2. The smallest absolute Gasteiger partial charge is 0.336 e. The predicted octanol–water partition coefficient (Wildman–Crippen LogP) is 1.55. The highest BCUT2D eigenvalue weighted by molar-refractivity contribution is 5.91. The monoisotopic (exact) mass is 202 g/mol. The van der Waals surface area contributed by atoms with Crippen molar-refractivity contribution in [1.29, 1.82) is 0 Å². The molecular formula is C12H10O3. The highest BCUT2D eigenvalue weighted by Crippen LogP contribution is 2.16. The molecule has 0 bridgehead atoms. The maximum Gasteiger partial charge on any atom is 0.336 e. The van der Waals surface area contributed by atoms with Crippen molar-refractivity contribution >= 4 is 12.3 Å². The minimum absolute atomic E-state index is 0.298. The van der Waals surface area contributed by atoms with Gasteiger partial charge in [-0.2, -0.15) is 0 Å². The second-order valence-corrected chi connectivity index (χ2v) is 3.18. The van der Waals surface area contributed by atoms with E-state index in [-0.39, 0.29) is 0 Å². The van der Waals surface area contributed by atoms with Crippen molar-refractivity contribution in [2.75, 3.05) is 0 Å². The molecule has 0 radical (unpaired) electrons. The first-order valence-corrected chi connectivity index (χ1v) is 4.36. The van der Waals surface area contributed by atoms with Crippen LogP contribution in [0.2, 0.25) is 0 Å². The molecule has 0 saturated carbocycles. The van der Waals surface area contributed by atoms with E-state index in [4.69, 9.17) is 5.11 Å². The summed E-state index contributed by atoms with van der Waals surface area (Å²) < 4.78 is 0. The van der Waals surface area contributed by atoms with Crippen molar-refractivity contribution in [2.45, 2.75) is 13.8 Å². The highest BCUT2D eigenvalue weighted by Gasteiger charge is 2.10. The summed E-state index contributed by atoms with van der Waals surface area (Å²) in [6, 6.07) is 3.32. The molecule has 76 valence electrons. The zero-order valence-corrected chi connectivity index (χ0v) is 8.50. The fourth-order valence-corrected chi connectivity index (χ4v) is 1.49. The third-order valence-corrected chi connectivity index (χ3v) is 2.02. The standard InChI is InChI=1S/C12H10O3/c1-8-6-10(4-3-5-13)7-9(2)11(8)12(14)15/h5-7H,1-2H3,(H,14,15). The van der Waals surface area contributed by atoms with Crippen LogP contribution in [0.15, 0.2) is 12.1 Å². The van der Waals surface area contributed by atoms with Crippen molar-refractivity contribution in [3.8, 4) is 11.8 Å². The van der Waals surface area contributed by atoms with E-state index in [1.165, 1.54) is 0 Å². The summed E-state index contributed by atoms with van der Waals surface area (Å²) in [7, 11) is 0. The van der Waals surface area contributed by atoms with Crippen LogP contribution in [-0.2, 0) is 4.79 Å². The van der Waals surface area contributed by atoms with E-state index in [0.29, 0.717) is 28.5 Å². The number of carboxylic acids is 1. The molecule has 1 rings (SSSR count). The topological polar surface area (TPSA) is 54.4 Å². The van der Waals surface area contributed by atoms with Gasteiger partial charge in [0.1, 0.15) is 0 Å². The summed E-state index contributed by atoms with van der Waals surface area (Å²) in [6.07, 6.45) is 0.510. The number of aryl methyl sites for hydroxylation is 2. The lowest BCUT2D eigenvalue weighted by Crippen LogP contribution is -2.03. The number of hydrogen-bond acceptors (Lipinski definition) is 2. The fourth-order valence-electron chi connectivity index (χ4n) is 1.49. The lowest BCUT2D eigenvalue weighted by Gasteiger charge is -2.05. The predicted molar refractivity (Wildman–Crippen MR) is 55.8 cm³/mol. The average molecular weight is 202 g/mol. The fraction of sp³-hybridized carbons (Fsp3) is 0.167. The quantitative estimate of drug-likeness (QED) is 0.555. The molecular weight excluding hydrogens is 192 g/mol. The van der Waals surface area contributed by atoms with E-state index in [1.54, 1.807) is 26.0 Å². The SMILES string of the molecule is Cc1cc(C#CC=O)cc(C)c1C(=O)O. The minimum atomic E-state index is -0.945. The Labute approximate surface area is 87.7 Å². The zero-order chi connectivity index (χ0) is 11.4. The molecule has 0 fully saturated rings. The second-order valence-electron chi connectivity index (χ2n) is 3.18. The van der Waals surface area contributed by atoms with Gasteiger partial charge in [-0.3, -0.25) is 4.79 Å². The number of rotatable bonds is 1. The largest absolute Gasteiger partial charge is 0.478 e. The third kappa shape index (κ3) is 2.44. The Bertz CT molecular complexity index is 452. The molecule has 15 heavy (non-hydrogen) atoms. The Hall–Kier alpha value is -2.08. The lowest BCUT2D eigenvalue weighted by atomic mass is 9.99. The van der Waals surface area contributed by atoms with E-state index in [1.807, 2.05) is 0 Å². The number of aldehydes is 1. The molecule has 0 aromatic heterocycles. The van der Waals surface area contributed by atoms with Crippen LogP contribution >= 0.6 is 0 Å². The van der Waals surface area contributed by atoms with E-state index in [9.17, 15) is 9.59 Å². The molecule has 0 atom stereocenters. The van der Waals surface area contributed by atoms with Gasteiger partial charge >= 0.3 is 5.97 Å². The summed E-state index contributed by atoms with van der Waals surface area (Å²) in [6.45, 7) is 3.42. The maximum absolute atomic E-state index is 10.9. The van der Waals surface area contributed by atoms with Crippen molar-refractivity contribution < 1.29 is 14.7 Å². The van der Waals surface area contributed by atoms with Gasteiger partial charge in [-0.1, -0.05) is 5.92 Å². The molecule has 1 aromatic rings. The van der Waals surface area contributed by atoms with Crippen LogP contribution in [0.1, 0.15) is 27.0 Å². The third-order valence-electron chi connectivity index (χ3n) is 2.02. The minimum Gasteiger partial charge on any atom is -0.478 e. The van der Waals surface area contributed by atoms with E-state index < -0.39 is 5.97 Å². The molecule has 0 aliphatic rings. The first kappa shape index (κ1) is 11.0. The molecule has 0 spiro atoms. The molecule has 0 heterocycles. The zero-order valence-electron chi connectivity index (χ0n) is 8.50. The molecule has 3 heteroatoms. The van der Waals surface area contributed by atoms with Crippen LogP contribution in [0.3, 0.4) is 0 Å². The van der Waals surface area contributed by atoms with Gasteiger partial charge in [0, 0.05) is 5.56 Å². The summed E-state index contributed by atoms with van der Waals surface area (Å²) in [5.41, 5.74) is 2.25. The lowest BCUT2D eigenvalue weighted by molar-refractivity contribution is -0.103. The molecule has 0 unspecified atom stereocenters. The first-order chi connectivity index (χ1) is 7.06. The van der Waals surface area contributed by atoms with Crippen LogP contribution in [0.4, 0.5) is 0 Å². The van der Waals surface area contributed by atoms with E-state index in [0.717, 1.165) is 0 Å². The van der Waals surface area contributed by atoms with Crippen LogP contribution in [-0.4, -0.2) is 17.4 Å². The van der Waals surface area contributed by atoms with Gasteiger partial charge in [0.05, 0.1) is 5.56 Å². The van der Waals surface area contributed by atoms with Crippen molar-refractivity contribution in [2.24, 2.45) is 0 Å². The van der Waals surface area contributed by atoms with Gasteiger partial charge in [0.15, 0.2) is 6.29 Å². The number of hydrogen-bond donors (Lipinski definition) is 1. The Morgan fingerprint density at radius 1 is 1.33 bits per heavy atom. The second kappa shape index (κ2) is 4.43. The highest BCUT2D eigenvalue weighted by atomic mass is 16.4. The molecule has 0 aliphatic heterocycles. The Morgan fingerprint density at radius 2 is 1.87 bits per heavy atom. The Balaban J connectivity index is 3.31. The number of carbonyl (C=O) groups excluding carboxylic acids is 1. The van der Waals surface area contributed by atoms with Gasteiger partial charge in [0.25, 0.3) is 0 Å². The van der Waals surface area contributed by atoms with Crippen molar-refractivity contribution in [1.82, 2.24) is 0 Å². The molecule has 0 saturated heterocycles. The van der Waals surface area contributed by atoms with Gasteiger partial charge in [-0.15, -0.1) is 0 Å². The first-order valence-electron chi connectivity index (χ1n) is 4.36. The molecule has 3 nitrogen and oxygen atoms in total. The summed E-state index contributed by atoms with van der Waals surface area (Å²) in [4.78, 5) is 20.9. The Kier molecular flexibility index (Phi) is 3.25. The molecule has 0 aliphatic carbocycles. The maximum atomic E-state index is 10.9. The molecule has 0 amide bonds. The summed E-state index contributed by atoms with van der Waals surface area (Å²) in [5, 5.41) is 8.92. The van der Waals surface area contributed by atoms with Gasteiger partial charge < -0.3 is 5.11 Å². The van der Waals surface area contributed by atoms with Crippen LogP contribution < -0.4 is 0 Å². The van der Waals surface area contributed by atoms with Gasteiger partial charge in [-0.05, 0) is 43.0 Å². The van der Waals surface area contributed by atoms with Crippen LogP contribution in [0.25, 0.3) is 0 Å². The van der Waals surface area contributed by atoms with Crippen LogP contribution in [0, 0.1) is 25.7 Å². The average Bonchev–Trinajstić information content (AvgIpc) is 2.12. The summed E-state index contributed by atoms with van der Waals surface area (Å²) >= 11 is 0. The van der Waals surface area contributed by atoms with Crippen LogP contribution in [0.5, 0.6) is 0 Å². The molecule has 1 N–H and O–H groups in total. The Morgan fingerprint density at radius 3 is 2.27 bits per heavy atom. The summed E-state index contributed by atoms with van der Waals surface area (Å²) in [5.74, 6) is 3.98. The number of benzene rings is 1. The number of carboxylic acid groups (broad SMARTS) is 1. The molecule has 1 aromatic carbocycles. The van der Waals surface area contributed by atoms with Crippen molar-refractivity contribution in [3.05, 3.63) is 34.4 Å². The van der Waals surface area contributed by atoms with E-state index in [2.05, 4.69) is 11.8 Å². The van der Waals surface area contributed by atoms with Crippen molar-refractivity contribution in [3.63, 3.8) is 0 Å². The normalized spacial score (nSPS) is 8.93. The van der Waals surface area contributed by atoms with E-state index >= 15 is 0 Å².